The highest BCUT2D eigenvalue weighted by atomic mass is 16.5. The number of ether oxygens (including phenoxy) is 1. The maximum atomic E-state index is 12.5. The average Bonchev–Trinajstić information content (AvgIpc) is 3.33. The molecule has 0 aliphatic rings. The molecule has 2 atom stereocenters. The van der Waals surface area contributed by atoms with Crippen LogP contribution in [0.4, 0.5) is 0 Å². The number of aliphatic hydroxyl groups excluding tert-OH is 2. The first-order valence-corrected chi connectivity index (χ1v) is 30.1. The molecule has 67 heavy (non-hydrogen) atoms. The summed E-state index contributed by atoms with van der Waals surface area (Å²) in [6.07, 6.45) is 68.9. The highest BCUT2D eigenvalue weighted by Gasteiger charge is 2.20. The smallest absolute Gasteiger partial charge is 0.305 e. The first kappa shape index (κ1) is 65.3. The highest BCUT2D eigenvalue weighted by Crippen LogP contribution is 2.18. The Balaban J connectivity index is 3.40. The van der Waals surface area contributed by atoms with Crippen molar-refractivity contribution >= 4 is 11.9 Å². The quantitative estimate of drug-likeness (QED) is 0.0321. The fraction of sp³-hybridized carbons (Fsp3) is 0.902. The first-order valence-electron chi connectivity index (χ1n) is 30.1. The topological polar surface area (TPSA) is 95.9 Å². The summed E-state index contributed by atoms with van der Waals surface area (Å²) in [5.41, 5.74) is 0. The van der Waals surface area contributed by atoms with Crippen LogP contribution in [0.3, 0.4) is 0 Å². The summed E-state index contributed by atoms with van der Waals surface area (Å²) in [6, 6.07) is -0.543. The zero-order valence-corrected chi connectivity index (χ0v) is 45.1. The van der Waals surface area contributed by atoms with E-state index in [1.165, 1.54) is 244 Å². The Labute approximate surface area is 418 Å². The van der Waals surface area contributed by atoms with Gasteiger partial charge in [-0.05, 0) is 51.4 Å². The number of carbonyl (C=O) groups excluding carboxylic acids is 2. The van der Waals surface area contributed by atoms with Crippen molar-refractivity contribution in [3.05, 3.63) is 24.3 Å². The van der Waals surface area contributed by atoms with Gasteiger partial charge in [-0.25, -0.2) is 0 Å². The van der Waals surface area contributed by atoms with E-state index in [-0.39, 0.29) is 18.5 Å². The average molecular weight is 945 g/mol. The molecule has 396 valence electrons. The summed E-state index contributed by atoms with van der Waals surface area (Å²) in [4.78, 5) is 24.5. The molecule has 0 spiro atoms. The van der Waals surface area contributed by atoms with Crippen molar-refractivity contribution in [2.75, 3.05) is 13.2 Å². The van der Waals surface area contributed by atoms with Crippen LogP contribution in [0.2, 0.25) is 0 Å². The van der Waals surface area contributed by atoms with Crippen LogP contribution < -0.4 is 5.32 Å². The highest BCUT2D eigenvalue weighted by molar-refractivity contribution is 5.76. The molecule has 0 fully saturated rings. The Bertz CT molecular complexity index is 1040. The van der Waals surface area contributed by atoms with Crippen molar-refractivity contribution in [3.63, 3.8) is 0 Å². The van der Waals surface area contributed by atoms with Gasteiger partial charge in [-0.15, -0.1) is 0 Å². The molecule has 0 aliphatic carbocycles. The van der Waals surface area contributed by atoms with Crippen LogP contribution in [0.1, 0.15) is 328 Å². The lowest BCUT2D eigenvalue weighted by Crippen LogP contribution is -2.45. The minimum absolute atomic E-state index is 0.00365. The molecular formula is C61H117NO5. The van der Waals surface area contributed by atoms with Gasteiger partial charge < -0.3 is 20.3 Å². The van der Waals surface area contributed by atoms with E-state index in [0.717, 1.165) is 51.4 Å². The van der Waals surface area contributed by atoms with Crippen LogP contribution in [0, 0.1) is 0 Å². The van der Waals surface area contributed by atoms with Crippen molar-refractivity contribution < 1.29 is 24.5 Å². The molecule has 0 aliphatic heterocycles. The van der Waals surface area contributed by atoms with Crippen LogP contribution in [-0.2, 0) is 14.3 Å². The van der Waals surface area contributed by atoms with Gasteiger partial charge in [-0.3, -0.25) is 9.59 Å². The standard InChI is InChI=1S/C61H117NO5/c1-3-5-7-9-11-13-15-17-19-26-29-33-37-41-45-49-53-59(64)58(57-63)62-60(65)54-50-46-42-38-34-30-27-24-22-20-21-23-25-28-32-36-40-44-48-52-56-67-61(66)55-51-47-43-39-35-31-18-16-14-12-10-8-6-4-2/h10,12,16,18,58-59,63-64H,3-9,11,13-15,17,19-57H2,1-2H3,(H,62,65)/b12-10-,18-16-. The van der Waals surface area contributed by atoms with E-state index in [4.69, 9.17) is 4.74 Å². The fourth-order valence-electron chi connectivity index (χ4n) is 9.36. The SMILES string of the molecule is CCCC/C=C\C/C=C\CCCCCCCC(=O)OCCCCCCCCCCCCCCCCCCCCCCC(=O)NC(CO)C(O)CCCCCCCCCCCCCCCCCC. The van der Waals surface area contributed by atoms with Crippen LogP contribution in [-0.4, -0.2) is 47.4 Å². The molecule has 0 aromatic heterocycles. The predicted octanol–water partition coefficient (Wildman–Crippen LogP) is 18.6. The maximum absolute atomic E-state index is 12.5. The second-order valence-corrected chi connectivity index (χ2v) is 20.7. The van der Waals surface area contributed by atoms with Gasteiger partial charge in [0.25, 0.3) is 0 Å². The number of unbranched alkanes of at least 4 members (excludes halogenated alkanes) is 41. The van der Waals surface area contributed by atoms with E-state index in [1.807, 2.05) is 0 Å². The third-order valence-electron chi connectivity index (χ3n) is 14.0. The van der Waals surface area contributed by atoms with Crippen LogP contribution in [0.5, 0.6) is 0 Å². The molecule has 0 bridgehead atoms. The zero-order valence-electron chi connectivity index (χ0n) is 45.1. The van der Waals surface area contributed by atoms with Crippen molar-refractivity contribution in [3.8, 4) is 0 Å². The molecule has 6 heteroatoms. The van der Waals surface area contributed by atoms with Gasteiger partial charge in [0.05, 0.1) is 25.4 Å². The van der Waals surface area contributed by atoms with Gasteiger partial charge in [-0.2, -0.15) is 0 Å². The van der Waals surface area contributed by atoms with Gasteiger partial charge >= 0.3 is 5.97 Å². The molecule has 0 saturated carbocycles. The number of allylic oxidation sites excluding steroid dienone is 4. The minimum atomic E-state index is -0.665. The Morgan fingerprint density at radius 1 is 0.418 bits per heavy atom. The van der Waals surface area contributed by atoms with E-state index in [1.54, 1.807) is 0 Å². The van der Waals surface area contributed by atoms with Gasteiger partial charge in [0.2, 0.25) is 5.91 Å². The molecule has 1 amide bonds. The third-order valence-corrected chi connectivity index (χ3v) is 14.0. The number of rotatable bonds is 56. The maximum Gasteiger partial charge on any atom is 0.305 e. The Morgan fingerprint density at radius 3 is 1.18 bits per heavy atom. The summed E-state index contributed by atoms with van der Waals surface area (Å²) in [7, 11) is 0. The van der Waals surface area contributed by atoms with E-state index in [2.05, 4.69) is 43.5 Å². The minimum Gasteiger partial charge on any atom is -0.466 e. The molecule has 0 saturated heterocycles. The Morgan fingerprint density at radius 2 is 0.761 bits per heavy atom. The molecule has 0 heterocycles. The fourth-order valence-corrected chi connectivity index (χ4v) is 9.36. The van der Waals surface area contributed by atoms with E-state index < -0.39 is 12.1 Å². The number of hydrogen-bond acceptors (Lipinski definition) is 5. The monoisotopic (exact) mass is 944 g/mol. The summed E-state index contributed by atoms with van der Waals surface area (Å²) >= 11 is 0. The van der Waals surface area contributed by atoms with Gasteiger partial charge in [-0.1, -0.05) is 289 Å². The predicted molar refractivity (Wildman–Crippen MR) is 292 cm³/mol. The van der Waals surface area contributed by atoms with Crippen molar-refractivity contribution in [1.29, 1.82) is 0 Å². The lowest BCUT2D eigenvalue weighted by Gasteiger charge is -2.22. The molecular weight excluding hydrogens is 827 g/mol. The molecule has 0 rings (SSSR count). The van der Waals surface area contributed by atoms with Crippen LogP contribution in [0.25, 0.3) is 0 Å². The largest absolute Gasteiger partial charge is 0.466 e. The number of aliphatic hydroxyl groups is 2. The number of hydrogen-bond donors (Lipinski definition) is 3. The Kier molecular flexibility index (Phi) is 55.5. The van der Waals surface area contributed by atoms with E-state index in [9.17, 15) is 19.8 Å². The molecule has 6 nitrogen and oxygen atoms in total. The van der Waals surface area contributed by atoms with Crippen LogP contribution >= 0.6 is 0 Å². The van der Waals surface area contributed by atoms with Gasteiger partial charge in [0.1, 0.15) is 0 Å². The lowest BCUT2D eigenvalue weighted by atomic mass is 10.0. The van der Waals surface area contributed by atoms with Gasteiger partial charge in [0.15, 0.2) is 0 Å². The van der Waals surface area contributed by atoms with Crippen molar-refractivity contribution in [2.24, 2.45) is 0 Å². The molecule has 0 aromatic rings. The normalized spacial score (nSPS) is 12.7. The summed E-state index contributed by atoms with van der Waals surface area (Å²) in [5.74, 6) is -0.0387. The second kappa shape index (κ2) is 56.9. The summed E-state index contributed by atoms with van der Waals surface area (Å²) in [6.45, 7) is 4.92. The number of carbonyl (C=O) groups is 2. The second-order valence-electron chi connectivity index (χ2n) is 20.7. The number of esters is 1. The number of amides is 1. The molecule has 0 aromatic carbocycles. The van der Waals surface area contributed by atoms with Gasteiger partial charge in [0, 0.05) is 12.8 Å². The molecule has 3 N–H and O–H groups in total. The summed E-state index contributed by atoms with van der Waals surface area (Å²) < 4.78 is 5.47. The van der Waals surface area contributed by atoms with E-state index in [0.29, 0.717) is 25.9 Å². The molecule has 0 radical (unpaired) electrons. The van der Waals surface area contributed by atoms with E-state index >= 15 is 0 Å². The lowest BCUT2D eigenvalue weighted by molar-refractivity contribution is -0.143. The Hall–Kier alpha value is -1.66. The number of nitrogens with one attached hydrogen (secondary N) is 1. The van der Waals surface area contributed by atoms with Crippen molar-refractivity contribution in [2.45, 2.75) is 341 Å². The molecule has 2 unspecified atom stereocenters. The first-order chi connectivity index (χ1) is 33.0. The zero-order chi connectivity index (χ0) is 48.6. The van der Waals surface area contributed by atoms with Crippen LogP contribution in [0.15, 0.2) is 24.3 Å². The summed E-state index contributed by atoms with van der Waals surface area (Å²) in [5, 5.41) is 23.3. The third kappa shape index (κ3) is 53.5. The van der Waals surface area contributed by atoms with Crippen molar-refractivity contribution in [1.82, 2.24) is 5.32 Å².